The van der Waals surface area contributed by atoms with Crippen molar-refractivity contribution >= 4 is 22.5 Å². The monoisotopic (exact) mass is 403 g/mol. The highest BCUT2D eigenvalue weighted by atomic mass is 16.5. The number of amides is 1. The molecular formula is C24H25N3O3. The fourth-order valence-corrected chi connectivity index (χ4v) is 4.49. The molecule has 2 aromatic carbocycles. The quantitative estimate of drug-likeness (QED) is 0.655. The average Bonchev–Trinajstić information content (AvgIpc) is 3.17. The van der Waals surface area contributed by atoms with Crippen molar-refractivity contribution in [3.63, 3.8) is 0 Å². The Morgan fingerprint density at radius 1 is 1.17 bits per heavy atom. The van der Waals surface area contributed by atoms with Gasteiger partial charge in [0, 0.05) is 44.7 Å². The van der Waals surface area contributed by atoms with Crippen LogP contribution in [-0.2, 0) is 16.1 Å². The highest BCUT2D eigenvalue weighted by Gasteiger charge is 2.42. The van der Waals surface area contributed by atoms with Crippen molar-refractivity contribution in [2.75, 3.05) is 31.7 Å². The number of anilines is 1. The van der Waals surface area contributed by atoms with E-state index < -0.39 is 0 Å². The Hall–Kier alpha value is -2.96. The minimum atomic E-state index is -0.216. The van der Waals surface area contributed by atoms with Gasteiger partial charge in [-0.1, -0.05) is 30.3 Å². The first-order chi connectivity index (χ1) is 14.7. The summed E-state index contributed by atoms with van der Waals surface area (Å²) in [4.78, 5) is 22.2. The van der Waals surface area contributed by atoms with Crippen LogP contribution in [0, 0.1) is 0 Å². The number of hydrogen-bond acceptors (Lipinski definition) is 5. The molecule has 2 bridgehead atoms. The van der Waals surface area contributed by atoms with Crippen LogP contribution in [0.2, 0.25) is 0 Å². The maximum Gasteiger partial charge on any atom is 0.244 e. The summed E-state index contributed by atoms with van der Waals surface area (Å²) in [6.07, 6.45) is 2.60. The third kappa shape index (κ3) is 3.53. The summed E-state index contributed by atoms with van der Waals surface area (Å²) < 4.78 is 11.6. The molecule has 2 aliphatic rings. The van der Waals surface area contributed by atoms with E-state index in [1.165, 1.54) is 0 Å². The minimum Gasteiger partial charge on any atom is -0.487 e. The summed E-state index contributed by atoms with van der Waals surface area (Å²) >= 11 is 0. The van der Waals surface area contributed by atoms with Gasteiger partial charge < -0.3 is 14.4 Å². The number of pyridine rings is 1. The molecule has 0 aliphatic carbocycles. The molecule has 0 spiro atoms. The zero-order valence-electron chi connectivity index (χ0n) is 17.0. The van der Waals surface area contributed by atoms with Gasteiger partial charge in [0.25, 0.3) is 0 Å². The maximum atomic E-state index is 13.6. The smallest absolute Gasteiger partial charge is 0.244 e. The van der Waals surface area contributed by atoms with Gasteiger partial charge in [-0.2, -0.15) is 0 Å². The molecule has 1 aromatic heterocycles. The number of carbonyl (C=O) groups is 1. The van der Waals surface area contributed by atoms with E-state index in [2.05, 4.69) is 22.0 Å². The van der Waals surface area contributed by atoms with E-state index in [4.69, 9.17) is 9.47 Å². The molecule has 2 unspecified atom stereocenters. The number of fused-ring (bicyclic) bond motifs is 4. The van der Waals surface area contributed by atoms with Crippen LogP contribution in [0.3, 0.4) is 0 Å². The standard InChI is InChI=1S/C24H25N3O3/c1-29-11-10-27-21-8-4-5-9-23(21)30-19-13-22(24(27)28)26(16-19)15-17-12-18-6-2-3-7-20(18)25-14-17/h2-9,12,14,19,22H,10-11,13,15-16H2,1H3. The van der Waals surface area contributed by atoms with Crippen molar-refractivity contribution in [3.05, 3.63) is 66.4 Å². The van der Waals surface area contributed by atoms with Crippen molar-refractivity contribution in [2.45, 2.75) is 25.1 Å². The number of para-hydroxylation sites is 3. The van der Waals surface area contributed by atoms with E-state index in [0.717, 1.165) is 34.4 Å². The molecule has 6 nitrogen and oxygen atoms in total. The SMILES string of the molecule is COCCN1C(=O)C2CC(CN2Cc2cnc3ccccc3c2)Oc2ccccc21. The van der Waals surface area contributed by atoms with E-state index in [1.807, 2.05) is 53.6 Å². The summed E-state index contributed by atoms with van der Waals surface area (Å²) in [5, 5.41) is 1.11. The second-order valence-electron chi connectivity index (χ2n) is 7.91. The molecule has 1 amide bonds. The number of hydrogen-bond donors (Lipinski definition) is 0. The van der Waals surface area contributed by atoms with E-state index in [-0.39, 0.29) is 18.1 Å². The summed E-state index contributed by atoms with van der Waals surface area (Å²) in [7, 11) is 1.65. The summed E-state index contributed by atoms with van der Waals surface area (Å²) in [5.41, 5.74) is 2.91. The molecule has 6 heteroatoms. The molecular weight excluding hydrogens is 378 g/mol. The van der Waals surface area contributed by atoms with E-state index in [9.17, 15) is 4.79 Å². The highest BCUT2D eigenvalue weighted by Crippen LogP contribution is 2.36. The van der Waals surface area contributed by atoms with Gasteiger partial charge in [-0.25, -0.2) is 0 Å². The number of methoxy groups -OCH3 is 1. The lowest BCUT2D eigenvalue weighted by Crippen LogP contribution is -2.47. The van der Waals surface area contributed by atoms with Gasteiger partial charge in [0.1, 0.15) is 11.9 Å². The largest absolute Gasteiger partial charge is 0.487 e. The van der Waals surface area contributed by atoms with Crippen LogP contribution >= 0.6 is 0 Å². The van der Waals surface area contributed by atoms with Crippen LogP contribution in [0.5, 0.6) is 5.75 Å². The molecule has 0 N–H and O–H groups in total. The van der Waals surface area contributed by atoms with Crippen molar-refractivity contribution in [1.29, 1.82) is 0 Å². The zero-order valence-corrected chi connectivity index (χ0v) is 17.0. The van der Waals surface area contributed by atoms with Crippen molar-refractivity contribution in [1.82, 2.24) is 9.88 Å². The molecule has 0 radical (unpaired) electrons. The average molecular weight is 403 g/mol. The number of likely N-dealkylation sites (tertiary alicyclic amines) is 1. The molecule has 30 heavy (non-hydrogen) atoms. The van der Waals surface area contributed by atoms with Crippen LogP contribution in [0.1, 0.15) is 12.0 Å². The number of ether oxygens (including phenoxy) is 2. The fraction of sp³-hybridized carbons (Fsp3) is 0.333. The summed E-state index contributed by atoms with van der Waals surface area (Å²) in [6.45, 7) is 2.37. The molecule has 154 valence electrons. The molecule has 5 rings (SSSR count). The summed E-state index contributed by atoms with van der Waals surface area (Å²) in [6, 6.07) is 17.8. The molecule has 0 saturated carbocycles. The molecule has 2 atom stereocenters. The first kappa shape index (κ1) is 19.0. The first-order valence-electron chi connectivity index (χ1n) is 10.4. The highest BCUT2D eigenvalue weighted by molar-refractivity contribution is 5.99. The predicted octanol–water partition coefficient (Wildman–Crippen LogP) is 3.25. The Kier molecular flexibility index (Phi) is 5.11. The Morgan fingerprint density at radius 3 is 2.90 bits per heavy atom. The summed E-state index contributed by atoms with van der Waals surface area (Å²) in [5.74, 6) is 0.874. The molecule has 1 saturated heterocycles. The lowest BCUT2D eigenvalue weighted by Gasteiger charge is -2.31. The minimum absolute atomic E-state index is 0.00177. The third-order valence-electron chi connectivity index (χ3n) is 5.92. The number of nitrogens with zero attached hydrogens (tertiary/aromatic N) is 3. The van der Waals surface area contributed by atoms with E-state index in [1.54, 1.807) is 7.11 Å². The Bertz CT molecular complexity index is 1070. The number of aromatic nitrogens is 1. The Balaban J connectivity index is 1.44. The molecule has 2 aliphatic heterocycles. The molecule has 1 fully saturated rings. The molecule has 3 heterocycles. The van der Waals surface area contributed by atoms with Gasteiger partial charge in [-0.15, -0.1) is 0 Å². The normalized spacial score (nSPS) is 21.2. The zero-order chi connectivity index (χ0) is 20.5. The first-order valence-corrected chi connectivity index (χ1v) is 10.4. The van der Waals surface area contributed by atoms with Gasteiger partial charge in [0.15, 0.2) is 0 Å². The van der Waals surface area contributed by atoms with Crippen molar-refractivity contribution < 1.29 is 14.3 Å². The maximum absolute atomic E-state index is 13.6. The number of carbonyl (C=O) groups excluding carboxylic acids is 1. The molecule has 3 aromatic rings. The van der Waals surface area contributed by atoms with Gasteiger partial charge in [0.2, 0.25) is 5.91 Å². The van der Waals surface area contributed by atoms with Gasteiger partial charge >= 0.3 is 0 Å². The van der Waals surface area contributed by atoms with Gasteiger partial charge in [-0.3, -0.25) is 14.7 Å². The van der Waals surface area contributed by atoms with Gasteiger partial charge in [0.05, 0.1) is 23.9 Å². The van der Waals surface area contributed by atoms with Gasteiger partial charge in [-0.05, 0) is 29.8 Å². The van der Waals surface area contributed by atoms with Crippen molar-refractivity contribution in [2.24, 2.45) is 0 Å². The van der Waals surface area contributed by atoms with Crippen LogP contribution in [-0.4, -0.2) is 54.7 Å². The van der Waals surface area contributed by atoms with Crippen molar-refractivity contribution in [3.8, 4) is 5.75 Å². The van der Waals surface area contributed by atoms with Crippen LogP contribution in [0.15, 0.2) is 60.8 Å². The lowest BCUT2D eigenvalue weighted by molar-refractivity contribution is -0.123. The van der Waals surface area contributed by atoms with E-state index >= 15 is 0 Å². The Morgan fingerprint density at radius 2 is 2.00 bits per heavy atom. The van der Waals surface area contributed by atoms with Crippen LogP contribution < -0.4 is 9.64 Å². The number of benzene rings is 2. The van der Waals surface area contributed by atoms with Crippen LogP contribution in [0.25, 0.3) is 10.9 Å². The Labute approximate surface area is 176 Å². The topological polar surface area (TPSA) is 54.9 Å². The predicted molar refractivity (Wildman–Crippen MR) is 116 cm³/mol. The van der Waals surface area contributed by atoms with E-state index in [0.29, 0.717) is 26.1 Å². The number of rotatable bonds is 5. The third-order valence-corrected chi connectivity index (χ3v) is 5.92. The van der Waals surface area contributed by atoms with Crippen LogP contribution in [0.4, 0.5) is 5.69 Å². The second-order valence-corrected chi connectivity index (χ2v) is 7.91. The lowest BCUT2D eigenvalue weighted by atomic mass is 10.1. The second kappa shape index (κ2) is 8.05. The fourth-order valence-electron chi connectivity index (χ4n) is 4.49.